The van der Waals surface area contributed by atoms with Crippen molar-refractivity contribution in [2.75, 3.05) is 0 Å². The highest BCUT2D eigenvalue weighted by Crippen LogP contribution is 2.66. The summed E-state index contributed by atoms with van der Waals surface area (Å²) in [4.78, 5) is 0. The second-order valence-corrected chi connectivity index (χ2v) is 12.6. The van der Waals surface area contributed by atoms with Crippen molar-refractivity contribution in [3.63, 3.8) is 0 Å². The zero-order valence-electron chi connectivity index (χ0n) is 20.8. The normalized spacial score (nSPS) is 44.5. The predicted molar refractivity (Wildman–Crippen MR) is 128 cm³/mol. The van der Waals surface area contributed by atoms with Gasteiger partial charge in [-0.2, -0.15) is 0 Å². The van der Waals surface area contributed by atoms with Crippen LogP contribution in [0.3, 0.4) is 0 Å². The first-order chi connectivity index (χ1) is 14.1. The Morgan fingerprint density at radius 3 is 2.50 bits per heavy atom. The Balaban J connectivity index is 1.54. The first-order valence-corrected chi connectivity index (χ1v) is 13.2. The highest BCUT2D eigenvalue weighted by molar-refractivity contribution is 5.34. The molecule has 170 valence electrons. The summed E-state index contributed by atoms with van der Waals surface area (Å²) in [5, 5.41) is 10.5. The molecule has 0 aliphatic heterocycles. The largest absolute Gasteiger partial charge is 0.393 e. The SMILES string of the molecule is C=C(CC[C@@H](C)[C@H]1CC[C@H]2C3=C(CC[C@]12C)[C@@]1(C)CC[C@H](O)[C@@H](C)C1CC3)C(C)C. The Hall–Kier alpha value is -0.560. The molecular formula is C29H48O. The lowest BCUT2D eigenvalue weighted by Crippen LogP contribution is -2.49. The van der Waals surface area contributed by atoms with E-state index in [0.29, 0.717) is 28.6 Å². The third kappa shape index (κ3) is 3.46. The fourth-order valence-corrected chi connectivity index (χ4v) is 8.79. The van der Waals surface area contributed by atoms with Crippen molar-refractivity contribution >= 4 is 0 Å². The average Bonchev–Trinajstić information content (AvgIpc) is 3.06. The maximum Gasteiger partial charge on any atom is 0.0569 e. The van der Waals surface area contributed by atoms with E-state index in [1.807, 2.05) is 11.1 Å². The molecule has 1 heteroatoms. The topological polar surface area (TPSA) is 20.2 Å². The average molecular weight is 413 g/mol. The highest BCUT2D eigenvalue weighted by atomic mass is 16.3. The monoisotopic (exact) mass is 412 g/mol. The van der Waals surface area contributed by atoms with Crippen LogP contribution in [0.2, 0.25) is 0 Å². The first kappa shape index (κ1) is 22.6. The number of fused-ring (bicyclic) bond motifs is 4. The third-order valence-electron chi connectivity index (χ3n) is 11.0. The fourth-order valence-electron chi connectivity index (χ4n) is 8.79. The van der Waals surface area contributed by atoms with Crippen molar-refractivity contribution < 1.29 is 5.11 Å². The quantitative estimate of drug-likeness (QED) is 0.454. The van der Waals surface area contributed by atoms with Gasteiger partial charge in [0.1, 0.15) is 0 Å². The fraction of sp³-hybridized carbons (Fsp3) is 0.862. The van der Waals surface area contributed by atoms with Crippen LogP contribution in [0.5, 0.6) is 0 Å². The molecule has 0 aromatic heterocycles. The molecular weight excluding hydrogens is 364 g/mol. The van der Waals surface area contributed by atoms with E-state index in [1.165, 1.54) is 63.4 Å². The molecule has 1 unspecified atom stereocenters. The van der Waals surface area contributed by atoms with E-state index in [4.69, 9.17) is 0 Å². The van der Waals surface area contributed by atoms with Crippen molar-refractivity contribution in [1.82, 2.24) is 0 Å². The molecule has 8 atom stereocenters. The molecule has 0 radical (unpaired) electrons. The molecule has 0 amide bonds. The number of aliphatic hydroxyl groups is 1. The Kier molecular flexibility index (Phi) is 6.10. The predicted octanol–water partition coefficient (Wildman–Crippen LogP) is 7.94. The van der Waals surface area contributed by atoms with Crippen LogP contribution in [0, 0.1) is 46.3 Å². The van der Waals surface area contributed by atoms with Gasteiger partial charge in [0.2, 0.25) is 0 Å². The minimum absolute atomic E-state index is 0.0728. The van der Waals surface area contributed by atoms with Crippen molar-refractivity contribution in [1.29, 1.82) is 0 Å². The molecule has 0 aromatic carbocycles. The van der Waals surface area contributed by atoms with E-state index < -0.39 is 0 Å². The van der Waals surface area contributed by atoms with Gasteiger partial charge in [-0.1, -0.05) is 64.8 Å². The van der Waals surface area contributed by atoms with Gasteiger partial charge in [0.05, 0.1) is 6.10 Å². The maximum atomic E-state index is 10.5. The minimum atomic E-state index is -0.0728. The highest BCUT2D eigenvalue weighted by Gasteiger charge is 2.56. The van der Waals surface area contributed by atoms with E-state index in [0.717, 1.165) is 24.2 Å². The Morgan fingerprint density at radius 2 is 1.80 bits per heavy atom. The summed E-state index contributed by atoms with van der Waals surface area (Å²) in [5.41, 5.74) is 6.08. The Bertz CT molecular complexity index is 701. The van der Waals surface area contributed by atoms with Gasteiger partial charge in [0.25, 0.3) is 0 Å². The third-order valence-corrected chi connectivity index (χ3v) is 11.0. The van der Waals surface area contributed by atoms with Crippen LogP contribution in [0.25, 0.3) is 0 Å². The molecule has 4 rings (SSSR count). The lowest BCUT2D eigenvalue weighted by molar-refractivity contribution is -0.0336. The van der Waals surface area contributed by atoms with Crippen LogP contribution in [0.15, 0.2) is 23.3 Å². The van der Waals surface area contributed by atoms with Gasteiger partial charge in [-0.15, -0.1) is 0 Å². The molecule has 0 heterocycles. The molecule has 2 saturated carbocycles. The molecule has 1 nitrogen and oxygen atoms in total. The van der Waals surface area contributed by atoms with Gasteiger partial charge in [0.15, 0.2) is 0 Å². The number of aliphatic hydroxyl groups excluding tert-OH is 1. The molecule has 0 aromatic rings. The van der Waals surface area contributed by atoms with Crippen molar-refractivity contribution in [3.05, 3.63) is 23.3 Å². The number of rotatable bonds is 5. The van der Waals surface area contributed by atoms with E-state index in [2.05, 4.69) is 48.1 Å². The second-order valence-electron chi connectivity index (χ2n) is 12.6. The van der Waals surface area contributed by atoms with Crippen LogP contribution < -0.4 is 0 Å². The molecule has 4 aliphatic rings. The molecule has 2 fully saturated rings. The summed E-state index contributed by atoms with van der Waals surface area (Å²) >= 11 is 0. The van der Waals surface area contributed by atoms with Crippen LogP contribution >= 0.6 is 0 Å². The first-order valence-electron chi connectivity index (χ1n) is 13.2. The molecule has 0 bridgehead atoms. The van der Waals surface area contributed by atoms with Gasteiger partial charge >= 0.3 is 0 Å². The minimum Gasteiger partial charge on any atom is -0.393 e. The number of hydrogen-bond acceptors (Lipinski definition) is 1. The zero-order valence-corrected chi connectivity index (χ0v) is 20.8. The molecule has 0 spiro atoms. The summed E-state index contributed by atoms with van der Waals surface area (Å²) in [6, 6.07) is 0. The van der Waals surface area contributed by atoms with Crippen molar-refractivity contribution in [2.45, 2.75) is 112 Å². The second kappa shape index (κ2) is 8.09. The van der Waals surface area contributed by atoms with Gasteiger partial charge in [0, 0.05) is 0 Å². The van der Waals surface area contributed by atoms with E-state index in [-0.39, 0.29) is 6.10 Å². The van der Waals surface area contributed by atoms with Crippen LogP contribution in [-0.2, 0) is 0 Å². The Morgan fingerprint density at radius 1 is 1.07 bits per heavy atom. The molecule has 4 aliphatic carbocycles. The standard InChI is InChI=1S/C29H48O/c1-18(2)19(3)8-9-20(4)23-12-13-25-22-10-11-24-21(5)27(30)15-17-29(24,7)26(22)14-16-28(23,25)6/h18,20-21,23-25,27,30H,3,8-17H2,1-2,4-7H3/t20-,21+,23-,24?,25+,27+,28-,29+/m1/s1. The molecule has 1 N–H and O–H groups in total. The van der Waals surface area contributed by atoms with Crippen LogP contribution in [0.1, 0.15) is 106 Å². The van der Waals surface area contributed by atoms with Crippen LogP contribution in [0.4, 0.5) is 0 Å². The van der Waals surface area contributed by atoms with Gasteiger partial charge in [-0.05, 0) is 111 Å². The maximum absolute atomic E-state index is 10.5. The van der Waals surface area contributed by atoms with Gasteiger partial charge in [-0.3, -0.25) is 0 Å². The van der Waals surface area contributed by atoms with E-state index in [9.17, 15) is 5.11 Å². The van der Waals surface area contributed by atoms with Crippen molar-refractivity contribution in [2.24, 2.45) is 46.3 Å². The summed E-state index contributed by atoms with van der Waals surface area (Å²) in [6.45, 7) is 19.0. The summed E-state index contributed by atoms with van der Waals surface area (Å²) in [5.74, 6) is 4.32. The zero-order chi connectivity index (χ0) is 21.8. The van der Waals surface area contributed by atoms with Gasteiger partial charge in [-0.25, -0.2) is 0 Å². The Labute approximate surface area is 186 Å². The summed E-state index contributed by atoms with van der Waals surface area (Å²) < 4.78 is 0. The lowest BCUT2D eigenvalue weighted by Gasteiger charge is -2.56. The summed E-state index contributed by atoms with van der Waals surface area (Å²) in [7, 11) is 0. The summed E-state index contributed by atoms with van der Waals surface area (Å²) in [6.07, 6.45) is 12.9. The molecule has 30 heavy (non-hydrogen) atoms. The van der Waals surface area contributed by atoms with Gasteiger partial charge < -0.3 is 5.11 Å². The van der Waals surface area contributed by atoms with Crippen LogP contribution in [-0.4, -0.2) is 11.2 Å². The number of allylic oxidation sites excluding steroid dienone is 3. The lowest BCUT2D eigenvalue weighted by atomic mass is 9.49. The smallest absolute Gasteiger partial charge is 0.0569 e. The van der Waals surface area contributed by atoms with E-state index >= 15 is 0 Å². The van der Waals surface area contributed by atoms with Crippen molar-refractivity contribution in [3.8, 4) is 0 Å². The molecule has 0 saturated heterocycles. The number of hydrogen-bond donors (Lipinski definition) is 1. The van der Waals surface area contributed by atoms with E-state index in [1.54, 1.807) is 0 Å².